The average Bonchev–Trinajstić information content (AvgIpc) is 2.76. The van der Waals surface area contributed by atoms with Crippen LogP contribution < -0.4 is 14.8 Å². The first kappa shape index (κ1) is 27.5. The van der Waals surface area contributed by atoms with Crippen LogP contribution >= 0.6 is 11.6 Å². The third-order valence-electron chi connectivity index (χ3n) is 5.14. The topological polar surface area (TPSA) is 67.9 Å². The number of rotatable bonds is 11. The van der Waals surface area contributed by atoms with Crippen LogP contribution in [0.2, 0.25) is 5.02 Å². The summed E-state index contributed by atoms with van der Waals surface area (Å²) in [6.07, 6.45) is 0.776. The van der Waals surface area contributed by atoms with Crippen LogP contribution in [0.15, 0.2) is 42.5 Å². The Hall–Kier alpha value is -2.73. The van der Waals surface area contributed by atoms with Crippen molar-refractivity contribution in [3.8, 4) is 11.5 Å². The molecule has 186 valence electrons. The monoisotopic (exact) mass is 488 g/mol. The van der Waals surface area contributed by atoms with Crippen molar-refractivity contribution >= 4 is 23.4 Å². The fourth-order valence-electron chi connectivity index (χ4n) is 3.53. The second-order valence-electron chi connectivity index (χ2n) is 9.21. The van der Waals surface area contributed by atoms with Gasteiger partial charge in [-0.15, -0.1) is 0 Å². The van der Waals surface area contributed by atoms with Crippen LogP contribution in [0.1, 0.15) is 59.1 Å². The molecule has 0 aliphatic carbocycles. The molecule has 2 rings (SSSR count). The van der Waals surface area contributed by atoms with Gasteiger partial charge in [-0.05, 0) is 83.4 Å². The fraction of sp³-hybridized carbons (Fsp3) is 0.481. The van der Waals surface area contributed by atoms with Crippen molar-refractivity contribution in [3.63, 3.8) is 0 Å². The molecule has 0 saturated heterocycles. The highest BCUT2D eigenvalue weighted by molar-refractivity contribution is 6.30. The molecule has 7 heteroatoms. The zero-order chi connectivity index (χ0) is 25.3. The smallest absolute Gasteiger partial charge is 0.242 e. The molecule has 0 aliphatic heterocycles. The van der Waals surface area contributed by atoms with Crippen molar-refractivity contribution < 1.29 is 19.1 Å². The highest BCUT2D eigenvalue weighted by Crippen LogP contribution is 2.29. The lowest BCUT2D eigenvalue weighted by Crippen LogP contribution is -2.52. The van der Waals surface area contributed by atoms with E-state index in [1.54, 1.807) is 17.9 Å². The molecule has 0 radical (unpaired) electrons. The molecule has 2 amide bonds. The summed E-state index contributed by atoms with van der Waals surface area (Å²) < 4.78 is 11.3. The number of carbonyl (C=O) groups is 2. The number of aryl methyl sites for hydroxylation is 1. The maximum absolute atomic E-state index is 13.4. The van der Waals surface area contributed by atoms with Crippen LogP contribution in [0.5, 0.6) is 11.5 Å². The van der Waals surface area contributed by atoms with Gasteiger partial charge in [-0.3, -0.25) is 9.59 Å². The van der Waals surface area contributed by atoms with Gasteiger partial charge in [0, 0.05) is 23.5 Å². The van der Waals surface area contributed by atoms with E-state index in [-0.39, 0.29) is 18.2 Å². The van der Waals surface area contributed by atoms with Gasteiger partial charge in [-0.1, -0.05) is 29.8 Å². The molecule has 0 saturated carbocycles. The van der Waals surface area contributed by atoms with E-state index in [1.165, 1.54) is 0 Å². The molecule has 2 aromatic rings. The summed E-state index contributed by atoms with van der Waals surface area (Å²) in [6, 6.07) is 12.4. The standard InChI is InChI=1S/C27H37ClN2O4/c1-7-33-23-14-12-20(17-24(23)34-8-2)13-15-25(31)30(18-21-10-9-11-22(28)16-21)19(3)26(32)29-27(4,5)6/h9-12,14,16-17,19H,7-8,13,15,18H2,1-6H3,(H,29,32). The molecule has 0 spiro atoms. The first-order chi connectivity index (χ1) is 16.0. The van der Waals surface area contributed by atoms with Gasteiger partial charge in [0.25, 0.3) is 0 Å². The van der Waals surface area contributed by atoms with Crippen LogP contribution in [0.3, 0.4) is 0 Å². The summed E-state index contributed by atoms with van der Waals surface area (Å²) in [7, 11) is 0. The van der Waals surface area contributed by atoms with Gasteiger partial charge >= 0.3 is 0 Å². The Morgan fingerprint density at radius 3 is 2.29 bits per heavy atom. The molecule has 2 aromatic carbocycles. The van der Waals surface area contributed by atoms with Gasteiger partial charge in [0.05, 0.1) is 13.2 Å². The van der Waals surface area contributed by atoms with Gasteiger partial charge < -0.3 is 19.7 Å². The summed E-state index contributed by atoms with van der Waals surface area (Å²) >= 11 is 6.15. The van der Waals surface area contributed by atoms with Crippen molar-refractivity contribution in [3.05, 3.63) is 58.6 Å². The maximum atomic E-state index is 13.4. The van der Waals surface area contributed by atoms with Gasteiger partial charge in [-0.25, -0.2) is 0 Å². The van der Waals surface area contributed by atoms with Crippen LogP contribution in [-0.2, 0) is 22.6 Å². The van der Waals surface area contributed by atoms with E-state index in [0.717, 1.165) is 11.1 Å². The Kier molecular flexibility index (Phi) is 10.2. The number of hydrogen-bond acceptors (Lipinski definition) is 4. The minimum absolute atomic E-state index is 0.108. The van der Waals surface area contributed by atoms with E-state index >= 15 is 0 Å². The Balaban J connectivity index is 2.20. The highest BCUT2D eigenvalue weighted by Gasteiger charge is 2.28. The molecule has 1 N–H and O–H groups in total. The molecule has 0 heterocycles. The number of hydrogen-bond donors (Lipinski definition) is 1. The van der Waals surface area contributed by atoms with Crippen LogP contribution in [0, 0.1) is 0 Å². The molecule has 34 heavy (non-hydrogen) atoms. The van der Waals surface area contributed by atoms with E-state index in [4.69, 9.17) is 21.1 Å². The quantitative estimate of drug-likeness (QED) is 0.459. The largest absolute Gasteiger partial charge is 0.490 e. The Morgan fingerprint density at radius 2 is 1.68 bits per heavy atom. The summed E-state index contributed by atoms with van der Waals surface area (Å²) in [5, 5.41) is 3.57. The molecular weight excluding hydrogens is 452 g/mol. The van der Waals surface area contributed by atoms with Crippen LogP contribution in [-0.4, -0.2) is 41.5 Å². The SMILES string of the molecule is CCOc1ccc(CCC(=O)N(Cc2cccc(Cl)c2)C(C)C(=O)NC(C)(C)C)cc1OCC. The Labute approximate surface area is 208 Å². The van der Waals surface area contributed by atoms with Crippen molar-refractivity contribution in [2.75, 3.05) is 13.2 Å². The number of carbonyl (C=O) groups excluding carboxylic acids is 2. The average molecular weight is 489 g/mol. The van der Waals surface area contributed by atoms with Crippen molar-refractivity contribution in [2.24, 2.45) is 0 Å². The number of nitrogens with one attached hydrogen (secondary N) is 1. The van der Waals surface area contributed by atoms with Crippen molar-refractivity contribution in [1.29, 1.82) is 0 Å². The maximum Gasteiger partial charge on any atom is 0.242 e. The van der Waals surface area contributed by atoms with E-state index in [1.807, 2.05) is 71.0 Å². The lowest BCUT2D eigenvalue weighted by Gasteiger charge is -2.31. The first-order valence-electron chi connectivity index (χ1n) is 11.8. The second-order valence-corrected chi connectivity index (χ2v) is 9.65. The zero-order valence-electron chi connectivity index (χ0n) is 21.1. The zero-order valence-corrected chi connectivity index (χ0v) is 21.9. The normalized spacial score (nSPS) is 12.1. The number of ether oxygens (including phenoxy) is 2. The van der Waals surface area contributed by atoms with Crippen LogP contribution in [0.25, 0.3) is 0 Å². The van der Waals surface area contributed by atoms with E-state index in [0.29, 0.717) is 42.7 Å². The molecule has 0 fully saturated rings. The third-order valence-corrected chi connectivity index (χ3v) is 5.38. The number of benzene rings is 2. The predicted octanol–water partition coefficient (Wildman–Crippen LogP) is 5.40. The Bertz CT molecular complexity index is 971. The van der Waals surface area contributed by atoms with Gasteiger partial charge in [-0.2, -0.15) is 0 Å². The summed E-state index contributed by atoms with van der Waals surface area (Å²) in [5.74, 6) is 1.06. The lowest BCUT2D eigenvalue weighted by molar-refractivity contribution is -0.141. The molecule has 0 aromatic heterocycles. The molecule has 1 atom stereocenters. The van der Waals surface area contributed by atoms with E-state index in [2.05, 4.69) is 5.32 Å². The molecule has 0 aliphatic rings. The minimum atomic E-state index is -0.634. The predicted molar refractivity (Wildman–Crippen MR) is 136 cm³/mol. The first-order valence-corrected chi connectivity index (χ1v) is 12.2. The second kappa shape index (κ2) is 12.7. The fourth-order valence-corrected chi connectivity index (χ4v) is 3.75. The number of nitrogens with zero attached hydrogens (tertiary/aromatic N) is 1. The van der Waals surface area contributed by atoms with Gasteiger partial charge in [0.15, 0.2) is 11.5 Å². The Morgan fingerprint density at radius 1 is 1.00 bits per heavy atom. The van der Waals surface area contributed by atoms with Crippen molar-refractivity contribution in [1.82, 2.24) is 10.2 Å². The van der Waals surface area contributed by atoms with Gasteiger partial charge in [0.2, 0.25) is 11.8 Å². The molecular formula is C27H37ClN2O4. The van der Waals surface area contributed by atoms with Crippen LogP contribution in [0.4, 0.5) is 0 Å². The third kappa shape index (κ3) is 8.56. The molecule has 6 nitrogen and oxygen atoms in total. The summed E-state index contributed by atoms with van der Waals surface area (Å²) in [5.41, 5.74) is 1.44. The summed E-state index contributed by atoms with van der Waals surface area (Å²) in [4.78, 5) is 27.9. The molecule has 0 bridgehead atoms. The summed E-state index contributed by atoms with van der Waals surface area (Å²) in [6.45, 7) is 12.7. The van der Waals surface area contributed by atoms with Crippen molar-refractivity contribution in [2.45, 2.75) is 72.5 Å². The number of amides is 2. The van der Waals surface area contributed by atoms with Gasteiger partial charge in [0.1, 0.15) is 6.04 Å². The van der Waals surface area contributed by atoms with E-state index in [9.17, 15) is 9.59 Å². The minimum Gasteiger partial charge on any atom is -0.490 e. The molecule has 1 unspecified atom stereocenters. The highest BCUT2D eigenvalue weighted by atomic mass is 35.5. The number of halogens is 1. The van der Waals surface area contributed by atoms with E-state index < -0.39 is 11.6 Å². The lowest BCUT2D eigenvalue weighted by atomic mass is 10.1.